The average Bonchev–Trinajstić information content (AvgIpc) is 1.86. The maximum absolute atomic E-state index is 10.2. The summed E-state index contributed by atoms with van der Waals surface area (Å²) >= 11 is 0. The Labute approximate surface area is 67.1 Å². The van der Waals surface area contributed by atoms with Crippen LogP contribution >= 0.6 is 0 Å². The number of aliphatic carboxylic acids is 1. The zero-order chi connectivity index (χ0) is 8.69. The molecule has 2 N–H and O–H groups in total. The van der Waals surface area contributed by atoms with Crippen LogP contribution in [0.4, 0.5) is 0 Å². The lowest BCUT2D eigenvalue weighted by atomic mass is 10.2. The summed E-state index contributed by atoms with van der Waals surface area (Å²) in [6.07, 6.45) is 2.86. The van der Waals surface area contributed by atoms with E-state index in [1.807, 2.05) is 6.92 Å². The average molecular weight is 157 g/mol. The second-order valence-electron chi connectivity index (χ2n) is 2.53. The highest BCUT2D eigenvalue weighted by atomic mass is 16.4. The molecule has 0 radical (unpaired) electrons. The second-order valence-corrected chi connectivity index (χ2v) is 2.53. The first-order valence-electron chi connectivity index (χ1n) is 3.73. The van der Waals surface area contributed by atoms with Crippen molar-refractivity contribution in [3.05, 3.63) is 12.7 Å². The Kier molecular flexibility index (Phi) is 5.47. The molecule has 0 saturated carbocycles. The van der Waals surface area contributed by atoms with Gasteiger partial charge in [0.05, 0.1) is 6.42 Å². The summed E-state index contributed by atoms with van der Waals surface area (Å²) in [6, 6.07) is 0.0486. The lowest BCUT2D eigenvalue weighted by Gasteiger charge is -2.09. The van der Waals surface area contributed by atoms with Crippen LogP contribution in [0.1, 0.15) is 19.8 Å². The van der Waals surface area contributed by atoms with Gasteiger partial charge < -0.3 is 10.4 Å². The standard InChI is InChI=1S/C8H15NO2/c1-3-4-5-9-7(2)6-8(10)11/h3,7,9H,1,4-6H2,2H3,(H,10,11). The van der Waals surface area contributed by atoms with Crippen LogP contribution in [-0.2, 0) is 4.79 Å². The van der Waals surface area contributed by atoms with Crippen molar-refractivity contribution >= 4 is 5.97 Å². The lowest BCUT2D eigenvalue weighted by molar-refractivity contribution is -0.137. The van der Waals surface area contributed by atoms with Gasteiger partial charge in [-0.1, -0.05) is 6.08 Å². The zero-order valence-electron chi connectivity index (χ0n) is 6.84. The van der Waals surface area contributed by atoms with Crippen molar-refractivity contribution < 1.29 is 9.90 Å². The fraction of sp³-hybridized carbons (Fsp3) is 0.625. The van der Waals surface area contributed by atoms with Crippen LogP contribution in [-0.4, -0.2) is 23.7 Å². The molecule has 0 fully saturated rings. The van der Waals surface area contributed by atoms with Gasteiger partial charge in [-0.15, -0.1) is 6.58 Å². The smallest absolute Gasteiger partial charge is 0.304 e. The van der Waals surface area contributed by atoms with E-state index in [1.54, 1.807) is 6.08 Å². The summed E-state index contributed by atoms with van der Waals surface area (Å²) in [5.41, 5.74) is 0. The minimum atomic E-state index is -0.761. The van der Waals surface area contributed by atoms with Gasteiger partial charge in [0.1, 0.15) is 0 Å². The fourth-order valence-corrected chi connectivity index (χ4v) is 0.766. The quantitative estimate of drug-likeness (QED) is 0.447. The molecule has 0 aliphatic rings. The van der Waals surface area contributed by atoms with Crippen molar-refractivity contribution in [2.24, 2.45) is 0 Å². The Bertz CT molecular complexity index is 134. The molecular weight excluding hydrogens is 142 g/mol. The molecule has 11 heavy (non-hydrogen) atoms. The summed E-state index contributed by atoms with van der Waals surface area (Å²) < 4.78 is 0. The zero-order valence-corrected chi connectivity index (χ0v) is 6.84. The van der Waals surface area contributed by atoms with Gasteiger partial charge in [0.15, 0.2) is 0 Å². The van der Waals surface area contributed by atoms with E-state index in [0.29, 0.717) is 0 Å². The minimum absolute atomic E-state index is 0.0486. The van der Waals surface area contributed by atoms with Gasteiger partial charge in [-0.05, 0) is 19.9 Å². The molecule has 1 unspecified atom stereocenters. The van der Waals surface area contributed by atoms with E-state index in [0.717, 1.165) is 13.0 Å². The van der Waals surface area contributed by atoms with Crippen LogP contribution in [0.2, 0.25) is 0 Å². The maximum Gasteiger partial charge on any atom is 0.304 e. The van der Waals surface area contributed by atoms with Crippen LogP contribution in [0.15, 0.2) is 12.7 Å². The number of carboxylic acid groups (broad SMARTS) is 1. The molecule has 0 bridgehead atoms. The Hall–Kier alpha value is -0.830. The summed E-state index contributed by atoms with van der Waals surface area (Å²) in [4.78, 5) is 10.2. The highest BCUT2D eigenvalue weighted by Gasteiger charge is 2.04. The van der Waals surface area contributed by atoms with Gasteiger partial charge in [0.25, 0.3) is 0 Å². The van der Waals surface area contributed by atoms with Crippen molar-refractivity contribution in [2.75, 3.05) is 6.54 Å². The van der Waals surface area contributed by atoms with Gasteiger partial charge in [0, 0.05) is 6.04 Å². The topological polar surface area (TPSA) is 49.3 Å². The number of carboxylic acids is 1. The molecule has 0 saturated heterocycles. The minimum Gasteiger partial charge on any atom is -0.481 e. The predicted octanol–water partition coefficient (Wildman–Crippen LogP) is 1.02. The third-order valence-electron chi connectivity index (χ3n) is 1.32. The van der Waals surface area contributed by atoms with Crippen LogP contribution < -0.4 is 5.32 Å². The highest BCUT2D eigenvalue weighted by molar-refractivity contribution is 5.67. The van der Waals surface area contributed by atoms with Crippen LogP contribution in [0.25, 0.3) is 0 Å². The lowest BCUT2D eigenvalue weighted by Crippen LogP contribution is -2.28. The molecular formula is C8H15NO2. The second kappa shape index (κ2) is 5.92. The van der Waals surface area contributed by atoms with Crippen molar-refractivity contribution in [1.29, 1.82) is 0 Å². The molecule has 0 rings (SSSR count). The predicted molar refractivity (Wildman–Crippen MR) is 44.5 cm³/mol. The summed E-state index contributed by atoms with van der Waals surface area (Å²) in [5.74, 6) is -0.761. The Morgan fingerprint density at radius 1 is 1.82 bits per heavy atom. The van der Waals surface area contributed by atoms with Gasteiger partial charge in [0.2, 0.25) is 0 Å². The van der Waals surface area contributed by atoms with Crippen molar-refractivity contribution in [3.8, 4) is 0 Å². The first-order valence-corrected chi connectivity index (χ1v) is 3.73. The monoisotopic (exact) mass is 157 g/mol. The molecule has 0 aromatic rings. The first kappa shape index (κ1) is 10.2. The number of nitrogens with one attached hydrogen (secondary N) is 1. The summed E-state index contributed by atoms with van der Waals surface area (Å²) in [5, 5.41) is 11.4. The number of hydrogen-bond donors (Lipinski definition) is 2. The molecule has 64 valence electrons. The largest absolute Gasteiger partial charge is 0.481 e. The van der Waals surface area contributed by atoms with E-state index in [2.05, 4.69) is 11.9 Å². The molecule has 0 spiro atoms. The Morgan fingerprint density at radius 3 is 2.91 bits per heavy atom. The van der Waals surface area contributed by atoms with Crippen LogP contribution in [0, 0.1) is 0 Å². The Balaban J connectivity index is 3.28. The van der Waals surface area contributed by atoms with Gasteiger partial charge in [-0.2, -0.15) is 0 Å². The molecule has 1 atom stereocenters. The molecule has 0 aliphatic carbocycles. The van der Waals surface area contributed by atoms with Crippen LogP contribution in [0.5, 0.6) is 0 Å². The van der Waals surface area contributed by atoms with E-state index in [1.165, 1.54) is 0 Å². The van der Waals surface area contributed by atoms with Crippen molar-refractivity contribution in [2.45, 2.75) is 25.8 Å². The van der Waals surface area contributed by atoms with E-state index in [-0.39, 0.29) is 12.5 Å². The normalized spacial score (nSPS) is 12.5. The molecule has 0 amide bonds. The van der Waals surface area contributed by atoms with E-state index < -0.39 is 5.97 Å². The van der Waals surface area contributed by atoms with Crippen LogP contribution in [0.3, 0.4) is 0 Å². The van der Waals surface area contributed by atoms with Gasteiger partial charge >= 0.3 is 5.97 Å². The SMILES string of the molecule is C=CCCNC(C)CC(=O)O. The molecule has 0 aromatic heterocycles. The van der Waals surface area contributed by atoms with E-state index in [9.17, 15) is 4.79 Å². The molecule has 0 aromatic carbocycles. The first-order chi connectivity index (χ1) is 5.16. The molecule has 3 heteroatoms. The molecule has 0 heterocycles. The van der Waals surface area contributed by atoms with E-state index >= 15 is 0 Å². The molecule has 3 nitrogen and oxygen atoms in total. The van der Waals surface area contributed by atoms with Gasteiger partial charge in [-0.3, -0.25) is 4.79 Å². The fourth-order valence-electron chi connectivity index (χ4n) is 0.766. The third kappa shape index (κ3) is 7.06. The summed E-state index contributed by atoms with van der Waals surface area (Å²) in [6.45, 7) is 6.22. The number of carbonyl (C=O) groups is 1. The third-order valence-corrected chi connectivity index (χ3v) is 1.32. The molecule has 0 aliphatic heterocycles. The van der Waals surface area contributed by atoms with Gasteiger partial charge in [-0.25, -0.2) is 0 Å². The van der Waals surface area contributed by atoms with E-state index in [4.69, 9.17) is 5.11 Å². The number of rotatable bonds is 6. The Morgan fingerprint density at radius 2 is 2.45 bits per heavy atom. The number of hydrogen-bond acceptors (Lipinski definition) is 2. The van der Waals surface area contributed by atoms with Crippen molar-refractivity contribution in [3.63, 3.8) is 0 Å². The maximum atomic E-state index is 10.2. The van der Waals surface area contributed by atoms with Crippen molar-refractivity contribution in [1.82, 2.24) is 5.32 Å². The highest BCUT2D eigenvalue weighted by Crippen LogP contribution is 1.90. The summed E-state index contributed by atoms with van der Waals surface area (Å²) in [7, 11) is 0.